The van der Waals surface area contributed by atoms with E-state index in [1.54, 1.807) is 0 Å². The molecule has 5 nitrogen and oxygen atoms in total. The maximum atomic E-state index is 11.0. The minimum absolute atomic E-state index is 0. The SMILES string of the molecule is Cc1cc2c(OC[C@@H](O)CN3C[C@@H]4C/C=C\C[C@H]3CN4c3ccc4ccccc4c3)ccc(Cl)c2[nH]1.S.S.S. The van der Waals surface area contributed by atoms with Crippen LogP contribution in [0.4, 0.5) is 5.69 Å². The first-order chi connectivity index (χ1) is 17.5. The number of aliphatic hydroxyl groups is 1. The summed E-state index contributed by atoms with van der Waals surface area (Å²) >= 11 is 6.33. The zero-order valence-corrected chi connectivity index (χ0v) is 25.8. The summed E-state index contributed by atoms with van der Waals surface area (Å²) in [6.07, 6.45) is 6.06. The van der Waals surface area contributed by atoms with Gasteiger partial charge in [-0.3, -0.25) is 4.90 Å². The molecule has 0 aliphatic carbocycles. The maximum absolute atomic E-state index is 11.0. The molecule has 2 bridgehead atoms. The van der Waals surface area contributed by atoms with E-state index in [1.807, 2.05) is 25.1 Å². The first-order valence-corrected chi connectivity index (χ1v) is 13.2. The molecule has 3 atom stereocenters. The Morgan fingerprint density at radius 1 is 0.949 bits per heavy atom. The number of hydrogen-bond donors (Lipinski definition) is 2. The van der Waals surface area contributed by atoms with Crippen molar-refractivity contribution in [3.8, 4) is 5.75 Å². The molecular formula is C30H38ClN3O2S3. The number of nitrogens with zero attached hydrogens (tertiary/aromatic N) is 2. The molecule has 0 spiro atoms. The van der Waals surface area contributed by atoms with Gasteiger partial charge in [-0.1, -0.05) is 54.1 Å². The number of aromatic amines is 1. The van der Waals surface area contributed by atoms with E-state index in [-0.39, 0.29) is 47.1 Å². The standard InChI is InChI=1S/C30H32ClN3O2.3H2S/c1-20-14-27-29(13-12-28(31)30(27)32-20)36-19-26(35)18-33-16-25-9-5-4-8-24(33)17-34(25)23-11-10-21-6-2-3-7-22(21)15-23;;;/h2-7,10-15,24-26,32,35H,8-9,16-19H2,1H3;3*1H2/b5-4-;;;/t24-,25-,26-;;;/m0.../s1. The lowest BCUT2D eigenvalue weighted by molar-refractivity contribution is 0.0409. The summed E-state index contributed by atoms with van der Waals surface area (Å²) in [6.45, 7) is 4.74. The van der Waals surface area contributed by atoms with Gasteiger partial charge in [-0.25, -0.2) is 0 Å². The lowest BCUT2D eigenvalue weighted by Crippen LogP contribution is -2.60. The van der Waals surface area contributed by atoms with E-state index in [9.17, 15) is 5.11 Å². The van der Waals surface area contributed by atoms with Crippen molar-refractivity contribution in [1.82, 2.24) is 9.88 Å². The van der Waals surface area contributed by atoms with E-state index < -0.39 is 6.10 Å². The van der Waals surface area contributed by atoms with Crippen LogP contribution in [-0.4, -0.2) is 59.4 Å². The minimum atomic E-state index is -0.574. The number of aryl methyl sites for hydroxylation is 1. The van der Waals surface area contributed by atoms with Gasteiger partial charge in [0.25, 0.3) is 0 Å². The van der Waals surface area contributed by atoms with Crippen LogP contribution < -0.4 is 9.64 Å². The number of fused-ring (bicyclic) bond motifs is 6. The number of aromatic nitrogens is 1. The highest BCUT2D eigenvalue weighted by atomic mass is 35.5. The van der Waals surface area contributed by atoms with Crippen molar-refractivity contribution in [3.05, 3.63) is 83.5 Å². The fourth-order valence-corrected chi connectivity index (χ4v) is 5.98. The topological polar surface area (TPSA) is 51.7 Å². The van der Waals surface area contributed by atoms with Crippen LogP contribution in [0.25, 0.3) is 21.7 Å². The normalized spacial score (nSPS) is 20.3. The highest BCUT2D eigenvalue weighted by molar-refractivity contribution is 7.59. The van der Waals surface area contributed by atoms with Gasteiger partial charge in [-0.15, -0.1) is 0 Å². The first-order valence-electron chi connectivity index (χ1n) is 12.8. The zero-order valence-electron chi connectivity index (χ0n) is 22.0. The van der Waals surface area contributed by atoms with Crippen molar-refractivity contribution >= 4 is 79.5 Å². The van der Waals surface area contributed by atoms with Crippen molar-refractivity contribution < 1.29 is 9.84 Å². The number of aliphatic hydroxyl groups excluding tert-OH is 1. The van der Waals surface area contributed by atoms with E-state index >= 15 is 0 Å². The Morgan fingerprint density at radius 2 is 1.69 bits per heavy atom. The third-order valence-electron chi connectivity index (χ3n) is 7.57. The number of benzene rings is 3. The molecule has 2 N–H and O–H groups in total. The fourth-order valence-electron chi connectivity index (χ4n) is 5.77. The number of halogens is 1. The largest absolute Gasteiger partial charge is 0.490 e. The van der Waals surface area contributed by atoms with Crippen LogP contribution in [0.5, 0.6) is 5.75 Å². The highest BCUT2D eigenvalue weighted by Gasteiger charge is 2.35. The van der Waals surface area contributed by atoms with Crippen LogP contribution in [-0.2, 0) is 0 Å². The summed E-state index contributed by atoms with van der Waals surface area (Å²) in [6, 6.07) is 21.8. The number of anilines is 1. The Balaban J connectivity index is 0.00000140. The van der Waals surface area contributed by atoms with Crippen LogP contribution in [0, 0.1) is 6.92 Å². The molecule has 4 heterocycles. The molecule has 210 valence electrons. The van der Waals surface area contributed by atoms with E-state index in [2.05, 4.69) is 69.4 Å². The van der Waals surface area contributed by atoms with Crippen LogP contribution in [0.3, 0.4) is 0 Å². The number of hydrogen-bond acceptors (Lipinski definition) is 4. The van der Waals surface area contributed by atoms with Gasteiger partial charge < -0.3 is 19.7 Å². The Kier molecular flexibility index (Phi) is 11.0. The molecule has 0 amide bonds. The van der Waals surface area contributed by atoms with E-state index in [4.69, 9.17) is 16.3 Å². The van der Waals surface area contributed by atoms with Gasteiger partial charge in [0, 0.05) is 48.5 Å². The quantitative estimate of drug-likeness (QED) is 0.255. The number of rotatable bonds is 6. The Bertz CT molecular complexity index is 1430. The van der Waals surface area contributed by atoms with Crippen molar-refractivity contribution in [2.75, 3.05) is 31.1 Å². The molecule has 1 aromatic heterocycles. The number of H-pyrrole nitrogens is 1. The van der Waals surface area contributed by atoms with Gasteiger partial charge >= 0.3 is 0 Å². The molecular weight excluding hydrogens is 566 g/mol. The summed E-state index contributed by atoms with van der Waals surface area (Å²) < 4.78 is 6.08. The lowest BCUT2D eigenvalue weighted by atomic mass is 9.96. The Labute approximate surface area is 256 Å². The van der Waals surface area contributed by atoms with Crippen LogP contribution in [0.2, 0.25) is 5.02 Å². The predicted molar refractivity (Wildman–Crippen MR) is 180 cm³/mol. The third-order valence-corrected chi connectivity index (χ3v) is 7.89. The molecule has 9 heteroatoms. The van der Waals surface area contributed by atoms with Crippen LogP contribution in [0.15, 0.2) is 72.8 Å². The monoisotopic (exact) mass is 603 g/mol. The molecule has 4 aromatic rings. The van der Waals surface area contributed by atoms with Crippen molar-refractivity contribution in [2.45, 2.75) is 38.0 Å². The molecule has 0 radical (unpaired) electrons. The second-order valence-corrected chi connectivity index (χ2v) is 10.5. The minimum Gasteiger partial charge on any atom is -0.490 e. The van der Waals surface area contributed by atoms with E-state index in [1.165, 1.54) is 16.5 Å². The Morgan fingerprint density at radius 3 is 2.49 bits per heavy atom. The van der Waals surface area contributed by atoms with Gasteiger partial charge in [0.1, 0.15) is 18.5 Å². The van der Waals surface area contributed by atoms with E-state index in [0.717, 1.165) is 48.3 Å². The van der Waals surface area contributed by atoms with Crippen LogP contribution >= 0.6 is 52.1 Å². The van der Waals surface area contributed by atoms with Gasteiger partial charge in [0.2, 0.25) is 0 Å². The molecule has 1 fully saturated rings. The summed E-state index contributed by atoms with van der Waals surface area (Å²) in [7, 11) is 0. The fraction of sp³-hybridized carbons (Fsp3) is 0.333. The molecule has 3 aromatic carbocycles. The van der Waals surface area contributed by atoms with Crippen molar-refractivity contribution in [2.24, 2.45) is 0 Å². The number of ether oxygens (including phenoxy) is 1. The highest BCUT2D eigenvalue weighted by Crippen LogP contribution is 2.33. The molecule has 3 aliphatic heterocycles. The predicted octanol–water partition coefficient (Wildman–Crippen LogP) is 6.27. The molecule has 39 heavy (non-hydrogen) atoms. The maximum Gasteiger partial charge on any atom is 0.128 e. The lowest BCUT2D eigenvalue weighted by Gasteiger charge is -2.48. The van der Waals surface area contributed by atoms with Gasteiger partial charge in [-0.05, 0) is 60.9 Å². The van der Waals surface area contributed by atoms with Gasteiger partial charge in [-0.2, -0.15) is 40.5 Å². The molecule has 0 unspecified atom stereocenters. The van der Waals surface area contributed by atoms with Crippen molar-refractivity contribution in [1.29, 1.82) is 0 Å². The third kappa shape index (κ3) is 6.69. The Hall–Kier alpha value is -1.94. The second kappa shape index (κ2) is 13.6. The zero-order chi connectivity index (χ0) is 24.6. The summed E-state index contributed by atoms with van der Waals surface area (Å²) in [5.74, 6) is 0.748. The summed E-state index contributed by atoms with van der Waals surface area (Å²) in [4.78, 5) is 8.31. The second-order valence-electron chi connectivity index (χ2n) is 10.1. The van der Waals surface area contributed by atoms with Gasteiger partial charge in [0.15, 0.2) is 0 Å². The number of piperazine rings is 1. The summed E-state index contributed by atoms with van der Waals surface area (Å²) in [5.41, 5.74) is 3.20. The first kappa shape index (κ1) is 31.6. The summed E-state index contributed by atoms with van der Waals surface area (Å²) in [5, 5.41) is 15.1. The number of nitrogens with one attached hydrogen (secondary N) is 1. The van der Waals surface area contributed by atoms with Crippen LogP contribution in [0.1, 0.15) is 18.5 Å². The molecule has 7 rings (SSSR count). The molecule has 1 saturated heterocycles. The molecule has 0 saturated carbocycles. The smallest absolute Gasteiger partial charge is 0.128 e. The van der Waals surface area contributed by atoms with Gasteiger partial charge in [0.05, 0.1) is 10.5 Å². The average molecular weight is 604 g/mol. The van der Waals surface area contributed by atoms with Crippen molar-refractivity contribution in [3.63, 3.8) is 0 Å². The average Bonchev–Trinajstić information content (AvgIpc) is 3.27. The van der Waals surface area contributed by atoms with E-state index in [0.29, 0.717) is 23.7 Å². The molecule has 3 aliphatic rings.